The van der Waals surface area contributed by atoms with E-state index in [9.17, 15) is 0 Å². The van der Waals surface area contributed by atoms with Crippen LogP contribution < -0.4 is 5.32 Å². The molecule has 0 unspecified atom stereocenters. The number of benzene rings is 1. The Balaban J connectivity index is 1.41. The second-order valence-corrected chi connectivity index (χ2v) is 6.86. The summed E-state index contributed by atoms with van der Waals surface area (Å²) in [6.07, 6.45) is 4.03. The first kappa shape index (κ1) is 14.0. The molecule has 4 heteroatoms. The monoisotopic (exact) mass is 296 g/mol. The number of H-pyrrole nitrogens is 1. The van der Waals surface area contributed by atoms with Crippen molar-refractivity contribution in [3.63, 3.8) is 0 Å². The van der Waals surface area contributed by atoms with Gasteiger partial charge in [-0.05, 0) is 50.4 Å². The van der Waals surface area contributed by atoms with E-state index in [1.807, 2.05) is 6.07 Å². The highest BCUT2D eigenvalue weighted by molar-refractivity contribution is 5.58. The Morgan fingerprint density at radius 2 is 1.91 bits per heavy atom. The Labute approximate surface area is 131 Å². The minimum atomic E-state index is 0.577. The van der Waals surface area contributed by atoms with Crippen molar-refractivity contribution in [2.45, 2.75) is 25.8 Å². The van der Waals surface area contributed by atoms with Gasteiger partial charge in [0.15, 0.2) is 0 Å². The van der Waals surface area contributed by atoms with Gasteiger partial charge in [-0.1, -0.05) is 30.3 Å². The van der Waals surface area contributed by atoms with Crippen LogP contribution in [0.3, 0.4) is 0 Å². The summed E-state index contributed by atoms with van der Waals surface area (Å²) < 4.78 is 0. The molecule has 4 rings (SSSR count). The molecule has 0 saturated carbocycles. The van der Waals surface area contributed by atoms with Gasteiger partial charge in [-0.25, -0.2) is 0 Å². The van der Waals surface area contributed by atoms with Crippen molar-refractivity contribution in [3.05, 3.63) is 42.1 Å². The maximum absolute atomic E-state index is 4.47. The van der Waals surface area contributed by atoms with Crippen LogP contribution in [0.2, 0.25) is 0 Å². The van der Waals surface area contributed by atoms with E-state index in [1.165, 1.54) is 56.7 Å². The van der Waals surface area contributed by atoms with Gasteiger partial charge in [-0.15, -0.1) is 0 Å². The van der Waals surface area contributed by atoms with Crippen LogP contribution in [0.15, 0.2) is 36.4 Å². The van der Waals surface area contributed by atoms with Crippen molar-refractivity contribution in [1.29, 1.82) is 0 Å². The van der Waals surface area contributed by atoms with E-state index in [-0.39, 0.29) is 0 Å². The smallest absolute Gasteiger partial charge is 0.0924 e. The third-order valence-corrected chi connectivity index (χ3v) is 5.28. The average Bonchev–Trinajstić information content (AvgIpc) is 3.17. The van der Waals surface area contributed by atoms with Crippen molar-refractivity contribution < 1.29 is 0 Å². The molecule has 22 heavy (non-hydrogen) atoms. The van der Waals surface area contributed by atoms with E-state index in [4.69, 9.17) is 0 Å². The molecular weight excluding hydrogens is 272 g/mol. The summed E-state index contributed by atoms with van der Waals surface area (Å²) in [6.45, 7) is 5.84. The van der Waals surface area contributed by atoms with Gasteiger partial charge in [0.25, 0.3) is 0 Å². The molecule has 2 N–H and O–H groups in total. The molecule has 1 aromatic carbocycles. The van der Waals surface area contributed by atoms with Gasteiger partial charge in [-0.2, -0.15) is 5.10 Å². The summed E-state index contributed by atoms with van der Waals surface area (Å²) in [4.78, 5) is 2.59. The van der Waals surface area contributed by atoms with Gasteiger partial charge < -0.3 is 5.32 Å². The number of nitrogens with zero attached hydrogens (tertiary/aromatic N) is 2. The minimum absolute atomic E-state index is 0.577. The quantitative estimate of drug-likeness (QED) is 0.915. The van der Waals surface area contributed by atoms with Gasteiger partial charge in [0.2, 0.25) is 0 Å². The standard InChI is InChI=1S/C18H24N4/c1-2-4-15(5-3-1)17-12-16(20-21-17)13-22-11-8-18(14-22)6-9-19-10-7-18/h1-5,12,19H,6-11,13-14H2,(H,20,21). The Morgan fingerprint density at radius 3 is 2.73 bits per heavy atom. The fraction of sp³-hybridized carbons (Fsp3) is 0.500. The third-order valence-electron chi connectivity index (χ3n) is 5.28. The molecule has 2 aliphatic rings. The van der Waals surface area contributed by atoms with Crippen molar-refractivity contribution >= 4 is 0 Å². The van der Waals surface area contributed by atoms with Gasteiger partial charge in [0.1, 0.15) is 0 Å². The largest absolute Gasteiger partial charge is 0.317 e. The van der Waals surface area contributed by atoms with Crippen LogP contribution in [0.25, 0.3) is 11.3 Å². The molecule has 2 fully saturated rings. The molecule has 116 valence electrons. The summed E-state index contributed by atoms with van der Waals surface area (Å²) in [5.74, 6) is 0. The Hall–Kier alpha value is -1.65. The SMILES string of the molecule is c1ccc(-c2cc(CN3CCC4(CCNCC4)C3)[nH]n2)cc1. The molecule has 2 aliphatic heterocycles. The zero-order chi connectivity index (χ0) is 14.8. The van der Waals surface area contributed by atoms with Gasteiger partial charge in [-0.3, -0.25) is 10.00 Å². The van der Waals surface area contributed by atoms with Crippen molar-refractivity contribution in [3.8, 4) is 11.3 Å². The molecule has 2 saturated heterocycles. The van der Waals surface area contributed by atoms with Crippen molar-refractivity contribution in [2.24, 2.45) is 5.41 Å². The van der Waals surface area contributed by atoms with Crippen molar-refractivity contribution in [2.75, 3.05) is 26.2 Å². The van der Waals surface area contributed by atoms with E-state index >= 15 is 0 Å². The molecule has 0 aliphatic carbocycles. The average molecular weight is 296 g/mol. The predicted octanol–water partition coefficient (Wildman–Crippen LogP) is 2.65. The lowest BCUT2D eigenvalue weighted by Crippen LogP contribution is -2.38. The minimum Gasteiger partial charge on any atom is -0.317 e. The second kappa shape index (κ2) is 5.86. The van der Waals surface area contributed by atoms with Crippen LogP contribution in [-0.2, 0) is 6.54 Å². The first-order chi connectivity index (χ1) is 10.8. The first-order valence-corrected chi connectivity index (χ1v) is 8.36. The number of hydrogen-bond acceptors (Lipinski definition) is 3. The van der Waals surface area contributed by atoms with E-state index < -0.39 is 0 Å². The highest BCUT2D eigenvalue weighted by Gasteiger charge is 2.38. The summed E-state index contributed by atoms with van der Waals surface area (Å²) in [5.41, 5.74) is 4.03. The van der Waals surface area contributed by atoms with Crippen LogP contribution in [0.1, 0.15) is 25.0 Å². The van der Waals surface area contributed by atoms with E-state index in [1.54, 1.807) is 0 Å². The number of aromatic nitrogens is 2. The molecular formula is C18H24N4. The molecule has 0 amide bonds. The van der Waals surface area contributed by atoms with Crippen LogP contribution in [0.4, 0.5) is 0 Å². The lowest BCUT2D eigenvalue weighted by atomic mass is 9.78. The molecule has 2 aromatic rings. The number of piperidine rings is 1. The number of hydrogen-bond donors (Lipinski definition) is 2. The zero-order valence-electron chi connectivity index (χ0n) is 13.0. The fourth-order valence-electron chi connectivity index (χ4n) is 3.97. The Kier molecular flexibility index (Phi) is 3.72. The molecule has 4 nitrogen and oxygen atoms in total. The topological polar surface area (TPSA) is 44.0 Å². The van der Waals surface area contributed by atoms with Crippen molar-refractivity contribution in [1.82, 2.24) is 20.4 Å². The number of likely N-dealkylation sites (tertiary alicyclic amines) is 1. The Bertz CT molecular complexity index is 613. The predicted molar refractivity (Wildman–Crippen MR) is 88.5 cm³/mol. The maximum atomic E-state index is 4.47. The normalized spacial score (nSPS) is 21.5. The summed E-state index contributed by atoms with van der Waals surface area (Å²) in [7, 11) is 0. The highest BCUT2D eigenvalue weighted by Crippen LogP contribution is 2.39. The van der Waals surface area contributed by atoms with Crippen LogP contribution in [0.5, 0.6) is 0 Å². The molecule has 0 radical (unpaired) electrons. The van der Waals surface area contributed by atoms with Crippen LogP contribution >= 0.6 is 0 Å². The lowest BCUT2D eigenvalue weighted by Gasteiger charge is -2.33. The summed E-state index contributed by atoms with van der Waals surface area (Å²) in [6, 6.07) is 12.6. The third kappa shape index (κ3) is 2.81. The second-order valence-electron chi connectivity index (χ2n) is 6.86. The Morgan fingerprint density at radius 1 is 1.09 bits per heavy atom. The zero-order valence-corrected chi connectivity index (χ0v) is 13.0. The van der Waals surface area contributed by atoms with Crippen LogP contribution in [-0.4, -0.2) is 41.3 Å². The summed E-state index contributed by atoms with van der Waals surface area (Å²) in [5, 5.41) is 11.2. The number of nitrogens with one attached hydrogen (secondary N) is 2. The molecule has 0 atom stereocenters. The van der Waals surface area contributed by atoms with Gasteiger partial charge in [0, 0.05) is 24.3 Å². The van der Waals surface area contributed by atoms with Gasteiger partial charge in [0.05, 0.1) is 5.69 Å². The summed E-state index contributed by atoms with van der Waals surface area (Å²) >= 11 is 0. The molecule has 1 spiro atoms. The first-order valence-electron chi connectivity index (χ1n) is 8.36. The van der Waals surface area contributed by atoms with Gasteiger partial charge >= 0.3 is 0 Å². The number of rotatable bonds is 3. The molecule has 3 heterocycles. The molecule has 0 bridgehead atoms. The van der Waals surface area contributed by atoms with Crippen LogP contribution in [0, 0.1) is 5.41 Å². The highest BCUT2D eigenvalue weighted by atomic mass is 15.2. The number of aromatic amines is 1. The molecule has 1 aromatic heterocycles. The lowest BCUT2D eigenvalue weighted by molar-refractivity contribution is 0.193. The van der Waals surface area contributed by atoms with E-state index in [0.29, 0.717) is 5.41 Å². The van der Waals surface area contributed by atoms with E-state index in [2.05, 4.69) is 50.7 Å². The maximum Gasteiger partial charge on any atom is 0.0924 e. The fourth-order valence-corrected chi connectivity index (χ4v) is 3.97. The van der Waals surface area contributed by atoms with E-state index in [0.717, 1.165) is 12.2 Å².